The van der Waals surface area contributed by atoms with E-state index in [9.17, 15) is 18.0 Å². The van der Waals surface area contributed by atoms with Crippen LogP contribution in [0.4, 0.5) is 19.0 Å². The molecule has 0 radical (unpaired) electrons. The van der Waals surface area contributed by atoms with Gasteiger partial charge in [0.1, 0.15) is 11.6 Å². The van der Waals surface area contributed by atoms with E-state index >= 15 is 0 Å². The molecule has 0 unspecified atom stereocenters. The fourth-order valence-corrected chi connectivity index (χ4v) is 4.45. The minimum absolute atomic E-state index is 0.0157. The second-order valence-electron chi connectivity index (χ2n) is 9.85. The van der Waals surface area contributed by atoms with Gasteiger partial charge in [0, 0.05) is 29.9 Å². The summed E-state index contributed by atoms with van der Waals surface area (Å²) in [5.41, 5.74) is -1.17. The minimum Gasteiger partial charge on any atom is -0.494 e. The van der Waals surface area contributed by atoms with Crippen molar-refractivity contribution in [2.24, 2.45) is 5.92 Å². The Bertz CT molecular complexity index is 1080. The Hall–Kier alpha value is -2.81. The zero-order valence-corrected chi connectivity index (χ0v) is 20.3. The quantitative estimate of drug-likeness (QED) is 0.459. The van der Waals surface area contributed by atoms with Gasteiger partial charge in [0.25, 0.3) is 0 Å². The molecule has 0 spiro atoms. The van der Waals surface area contributed by atoms with E-state index in [1.165, 1.54) is 0 Å². The molecule has 2 fully saturated rings. The number of halogens is 3. The van der Waals surface area contributed by atoms with E-state index in [0.29, 0.717) is 35.4 Å². The number of allylic oxidation sites excluding steroid dienone is 1. The highest BCUT2D eigenvalue weighted by Crippen LogP contribution is 2.37. The molecule has 1 amide bonds. The van der Waals surface area contributed by atoms with Crippen molar-refractivity contribution in [2.75, 3.05) is 32.6 Å². The zero-order chi connectivity index (χ0) is 25.2. The average molecular weight is 491 g/mol. The van der Waals surface area contributed by atoms with Crippen molar-refractivity contribution in [3.63, 3.8) is 0 Å². The largest absolute Gasteiger partial charge is 0.494 e. The number of anilines is 1. The van der Waals surface area contributed by atoms with Gasteiger partial charge in [0.05, 0.1) is 17.9 Å². The molecule has 4 rings (SSSR count). The standard InChI is InChI=1S/C26H33F3N4O2/c1-16(26(27,28)29)24-22-10-9-21(35-12-4-11-33(2)3)13-18(22)14-23(32-24)30-19-7-8-20(15-19)31-25(34)17-5-6-17/h9-10,13-14,17,19-20H,1,4-8,11-12,15H2,2-3H3,(H,30,32)(H,31,34)/t19-,20+/m1/s1. The van der Waals surface area contributed by atoms with Gasteiger partial charge < -0.3 is 20.3 Å². The summed E-state index contributed by atoms with van der Waals surface area (Å²) < 4.78 is 46.5. The first-order valence-electron chi connectivity index (χ1n) is 12.2. The Kier molecular flexibility index (Phi) is 7.54. The molecule has 2 saturated carbocycles. The maximum absolute atomic E-state index is 13.6. The zero-order valence-electron chi connectivity index (χ0n) is 20.3. The number of rotatable bonds is 10. The topological polar surface area (TPSA) is 66.5 Å². The second-order valence-corrected chi connectivity index (χ2v) is 9.85. The lowest BCUT2D eigenvalue weighted by atomic mass is 10.0. The van der Waals surface area contributed by atoms with Crippen LogP contribution in [0.25, 0.3) is 16.3 Å². The Morgan fingerprint density at radius 3 is 2.60 bits per heavy atom. The van der Waals surface area contributed by atoms with Crippen LogP contribution in [0.1, 0.15) is 44.2 Å². The van der Waals surface area contributed by atoms with Crippen LogP contribution in [0, 0.1) is 5.92 Å². The molecule has 0 saturated heterocycles. The molecule has 2 aliphatic carbocycles. The molecule has 190 valence electrons. The monoisotopic (exact) mass is 490 g/mol. The molecule has 0 bridgehead atoms. The van der Waals surface area contributed by atoms with Gasteiger partial charge in [-0.05, 0) is 82.3 Å². The maximum atomic E-state index is 13.6. The van der Waals surface area contributed by atoms with Crippen molar-refractivity contribution in [3.8, 4) is 5.75 Å². The highest BCUT2D eigenvalue weighted by atomic mass is 19.4. The number of hydrogen-bond acceptors (Lipinski definition) is 5. The Morgan fingerprint density at radius 2 is 1.91 bits per heavy atom. The molecular weight excluding hydrogens is 457 g/mol. The third-order valence-corrected chi connectivity index (χ3v) is 6.53. The Morgan fingerprint density at radius 1 is 1.17 bits per heavy atom. The summed E-state index contributed by atoms with van der Waals surface area (Å²) in [5.74, 6) is 1.23. The summed E-state index contributed by atoms with van der Waals surface area (Å²) in [6, 6.07) is 6.88. The molecule has 1 aromatic heterocycles. The lowest BCUT2D eigenvalue weighted by Gasteiger charge is -2.18. The molecule has 2 N–H and O–H groups in total. The summed E-state index contributed by atoms with van der Waals surface area (Å²) in [6.45, 7) is 4.68. The SMILES string of the molecule is C=C(c1nc(N[C@@H]2CC[C@H](NC(=O)C3CC3)C2)cc2cc(OCCCN(C)C)ccc12)C(F)(F)F. The molecule has 9 heteroatoms. The Labute approximate surface area is 203 Å². The van der Waals surface area contributed by atoms with Crippen molar-refractivity contribution in [3.05, 3.63) is 36.5 Å². The number of aromatic nitrogens is 1. The van der Waals surface area contributed by atoms with Gasteiger partial charge in [0.2, 0.25) is 5.91 Å². The van der Waals surface area contributed by atoms with Crippen LogP contribution in [-0.2, 0) is 4.79 Å². The molecule has 2 atom stereocenters. The smallest absolute Gasteiger partial charge is 0.417 e. The number of alkyl halides is 3. The highest BCUT2D eigenvalue weighted by molar-refractivity contribution is 5.95. The number of amides is 1. The predicted molar refractivity (Wildman–Crippen MR) is 131 cm³/mol. The van der Waals surface area contributed by atoms with Crippen LogP contribution >= 0.6 is 0 Å². The van der Waals surface area contributed by atoms with E-state index in [1.54, 1.807) is 24.3 Å². The van der Waals surface area contributed by atoms with Crippen LogP contribution in [0.3, 0.4) is 0 Å². The van der Waals surface area contributed by atoms with E-state index in [2.05, 4.69) is 27.1 Å². The molecule has 2 aromatic rings. The van der Waals surface area contributed by atoms with E-state index in [1.807, 2.05) is 14.1 Å². The number of benzene rings is 1. The van der Waals surface area contributed by atoms with Gasteiger partial charge in [-0.3, -0.25) is 4.79 Å². The molecular formula is C26H33F3N4O2. The molecule has 1 heterocycles. The van der Waals surface area contributed by atoms with Gasteiger partial charge in [-0.15, -0.1) is 0 Å². The van der Waals surface area contributed by atoms with Gasteiger partial charge in [-0.2, -0.15) is 13.2 Å². The average Bonchev–Trinajstić information content (AvgIpc) is 3.56. The number of carbonyl (C=O) groups excluding carboxylic acids is 1. The molecule has 2 aliphatic rings. The van der Waals surface area contributed by atoms with E-state index in [4.69, 9.17) is 4.74 Å². The molecule has 6 nitrogen and oxygen atoms in total. The fourth-order valence-electron chi connectivity index (χ4n) is 4.45. The van der Waals surface area contributed by atoms with Crippen molar-refractivity contribution in [1.82, 2.24) is 15.2 Å². The summed E-state index contributed by atoms with van der Waals surface area (Å²) in [7, 11) is 3.97. The van der Waals surface area contributed by atoms with Crippen LogP contribution in [-0.4, -0.2) is 61.3 Å². The Balaban J connectivity index is 1.52. The number of fused-ring (bicyclic) bond motifs is 1. The highest BCUT2D eigenvalue weighted by Gasteiger charge is 2.36. The number of carbonyl (C=O) groups is 1. The van der Waals surface area contributed by atoms with Gasteiger partial charge >= 0.3 is 6.18 Å². The van der Waals surface area contributed by atoms with E-state index in [0.717, 1.165) is 38.6 Å². The third-order valence-electron chi connectivity index (χ3n) is 6.53. The van der Waals surface area contributed by atoms with Gasteiger partial charge in [-0.1, -0.05) is 6.58 Å². The van der Waals surface area contributed by atoms with Crippen molar-refractivity contribution in [1.29, 1.82) is 0 Å². The lowest BCUT2D eigenvalue weighted by Crippen LogP contribution is -2.34. The third kappa shape index (κ3) is 6.66. The first-order valence-corrected chi connectivity index (χ1v) is 12.2. The summed E-state index contributed by atoms with van der Waals surface area (Å²) >= 11 is 0. The van der Waals surface area contributed by atoms with Crippen molar-refractivity contribution >= 4 is 28.1 Å². The van der Waals surface area contributed by atoms with Crippen LogP contribution in [0.15, 0.2) is 30.8 Å². The van der Waals surface area contributed by atoms with Crippen molar-refractivity contribution in [2.45, 2.75) is 56.8 Å². The lowest BCUT2D eigenvalue weighted by molar-refractivity contribution is -0.122. The number of pyridine rings is 1. The first-order chi connectivity index (χ1) is 16.6. The van der Waals surface area contributed by atoms with E-state index < -0.39 is 11.7 Å². The number of hydrogen-bond donors (Lipinski definition) is 2. The van der Waals surface area contributed by atoms with Crippen LogP contribution in [0.2, 0.25) is 0 Å². The first kappa shape index (κ1) is 25.3. The second kappa shape index (κ2) is 10.4. The molecule has 0 aliphatic heterocycles. The number of nitrogens with one attached hydrogen (secondary N) is 2. The van der Waals surface area contributed by atoms with Crippen molar-refractivity contribution < 1.29 is 22.7 Å². The van der Waals surface area contributed by atoms with E-state index in [-0.39, 0.29) is 29.6 Å². The maximum Gasteiger partial charge on any atom is 0.417 e. The summed E-state index contributed by atoms with van der Waals surface area (Å²) in [5, 5.41) is 7.36. The minimum atomic E-state index is -4.59. The predicted octanol–water partition coefficient (Wildman–Crippen LogP) is 5.00. The normalized spacial score (nSPS) is 20.3. The molecule has 35 heavy (non-hydrogen) atoms. The number of nitrogens with zero attached hydrogens (tertiary/aromatic N) is 2. The number of ether oxygens (including phenoxy) is 1. The summed E-state index contributed by atoms with van der Waals surface area (Å²) in [6.07, 6.45) is 0.498. The van der Waals surface area contributed by atoms with Crippen LogP contribution in [0.5, 0.6) is 5.75 Å². The van der Waals surface area contributed by atoms with Gasteiger partial charge in [0.15, 0.2) is 0 Å². The summed E-state index contributed by atoms with van der Waals surface area (Å²) in [4.78, 5) is 18.4. The fraction of sp³-hybridized carbons (Fsp3) is 0.538. The van der Waals surface area contributed by atoms with Gasteiger partial charge in [-0.25, -0.2) is 4.98 Å². The molecule has 1 aromatic carbocycles. The van der Waals surface area contributed by atoms with Crippen LogP contribution < -0.4 is 15.4 Å².